The van der Waals surface area contributed by atoms with E-state index in [0.717, 1.165) is 31.9 Å². The van der Waals surface area contributed by atoms with Crippen molar-refractivity contribution in [2.45, 2.75) is 13.0 Å². The van der Waals surface area contributed by atoms with Crippen molar-refractivity contribution >= 4 is 11.6 Å². The van der Waals surface area contributed by atoms with Gasteiger partial charge in [0.05, 0.1) is 12.1 Å². The van der Waals surface area contributed by atoms with Crippen LogP contribution >= 0.6 is 11.6 Å². The highest BCUT2D eigenvalue weighted by atomic mass is 35.5. The van der Waals surface area contributed by atoms with E-state index in [1.165, 1.54) is 12.0 Å². The van der Waals surface area contributed by atoms with Crippen LogP contribution in [-0.4, -0.2) is 31.6 Å². The van der Waals surface area contributed by atoms with Crippen LogP contribution in [0, 0.1) is 5.92 Å². The molecule has 1 fully saturated rings. The van der Waals surface area contributed by atoms with E-state index in [9.17, 15) is 0 Å². The third-order valence-electron chi connectivity index (χ3n) is 3.33. The molecule has 1 aliphatic heterocycles. The first kappa shape index (κ1) is 12.7. The zero-order valence-corrected chi connectivity index (χ0v) is 10.9. The summed E-state index contributed by atoms with van der Waals surface area (Å²) in [6.07, 6.45) is 1.21. The third kappa shape index (κ3) is 3.12. The number of hydrogen-bond donors (Lipinski definition) is 1. The number of halogens is 1. The molecule has 0 aliphatic carbocycles. The average Bonchev–Trinajstić information content (AvgIpc) is 2.77. The van der Waals surface area contributed by atoms with Crippen LogP contribution in [0.1, 0.15) is 12.0 Å². The summed E-state index contributed by atoms with van der Waals surface area (Å²) >= 11 is 6.11. The Kier molecular flexibility index (Phi) is 4.26. The maximum Gasteiger partial charge on any atom is 0.137 e. The Morgan fingerprint density at radius 1 is 1.53 bits per heavy atom. The molecule has 0 amide bonds. The van der Waals surface area contributed by atoms with Crippen LogP contribution in [0.3, 0.4) is 0 Å². The molecule has 0 spiro atoms. The van der Waals surface area contributed by atoms with Gasteiger partial charge < -0.3 is 10.5 Å². The van der Waals surface area contributed by atoms with Crippen LogP contribution < -0.4 is 10.5 Å². The molecule has 94 valence electrons. The van der Waals surface area contributed by atoms with Crippen molar-refractivity contribution in [3.63, 3.8) is 0 Å². The van der Waals surface area contributed by atoms with E-state index in [4.69, 9.17) is 22.1 Å². The van der Waals surface area contributed by atoms with E-state index in [-0.39, 0.29) is 0 Å². The molecule has 0 bridgehead atoms. The predicted octanol–water partition coefficient (Wildman–Crippen LogP) is 2.13. The fourth-order valence-corrected chi connectivity index (χ4v) is 2.60. The van der Waals surface area contributed by atoms with E-state index in [1.807, 2.05) is 12.1 Å². The maximum absolute atomic E-state index is 6.11. The van der Waals surface area contributed by atoms with E-state index < -0.39 is 0 Å². The summed E-state index contributed by atoms with van der Waals surface area (Å²) in [5.74, 6) is 1.39. The van der Waals surface area contributed by atoms with Gasteiger partial charge in [0, 0.05) is 13.1 Å². The van der Waals surface area contributed by atoms with Gasteiger partial charge in [-0.25, -0.2) is 0 Å². The Morgan fingerprint density at radius 2 is 2.35 bits per heavy atom. The number of ether oxygens (including phenoxy) is 1. The van der Waals surface area contributed by atoms with Crippen LogP contribution in [-0.2, 0) is 6.54 Å². The summed E-state index contributed by atoms with van der Waals surface area (Å²) in [5.41, 5.74) is 6.92. The fraction of sp³-hybridized carbons (Fsp3) is 0.538. The molecular formula is C13H19ClN2O. The van der Waals surface area contributed by atoms with Gasteiger partial charge in [0.1, 0.15) is 5.75 Å². The third-order valence-corrected chi connectivity index (χ3v) is 3.62. The van der Waals surface area contributed by atoms with Gasteiger partial charge in [-0.15, -0.1) is 0 Å². The molecule has 17 heavy (non-hydrogen) atoms. The molecule has 3 nitrogen and oxygen atoms in total. The normalized spacial score (nSPS) is 20.8. The van der Waals surface area contributed by atoms with Crippen LogP contribution in [0.15, 0.2) is 18.2 Å². The molecule has 0 radical (unpaired) electrons. The lowest BCUT2D eigenvalue weighted by molar-refractivity contribution is 0.317. The lowest BCUT2D eigenvalue weighted by atomic mass is 10.1. The quantitative estimate of drug-likeness (QED) is 0.895. The molecule has 0 aromatic heterocycles. The van der Waals surface area contributed by atoms with Gasteiger partial charge in [0.15, 0.2) is 0 Å². The Labute approximate surface area is 107 Å². The number of benzene rings is 1. The molecule has 4 heteroatoms. The SMILES string of the molecule is COc1ccc(CN2CCC(CN)C2)cc1Cl. The minimum atomic E-state index is 0.656. The summed E-state index contributed by atoms with van der Waals surface area (Å²) in [7, 11) is 1.63. The van der Waals surface area contributed by atoms with E-state index in [0.29, 0.717) is 10.9 Å². The molecule has 1 heterocycles. The smallest absolute Gasteiger partial charge is 0.137 e. The zero-order valence-electron chi connectivity index (χ0n) is 10.2. The molecule has 1 unspecified atom stereocenters. The number of rotatable bonds is 4. The second kappa shape index (κ2) is 5.71. The molecule has 2 N–H and O–H groups in total. The van der Waals surface area contributed by atoms with Gasteiger partial charge in [0.25, 0.3) is 0 Å². The molecule has 1 atom stereocenters. The second-order valence-electron chi connectivity index (χ2n) is 4.59. The maximum atomic E-state index is 6.11. The van der Waals surface area contributed by atoms with E-state index >= 15 is 0 Å². The number of nitrogens with zero attached hydrogens (tertiary/aromatic N) is 1. The molecule has 2 rings (SSSR count). The van der Waals surface area contributed by atoms with E-state index in [2.05, 4.69) is 11.0 Å². The summed E-state index contributed by atoms with van der Waals surface area (Å²) in [5, 5.41) is 0.680. The number of likely N-dealkylation sites (tertiary alicyclic amines) is 1. The number of hydrogen-bond acceptors (Lipinski definition) is 3. The summed E-state index contributed by atoms with van der Waals surface area (Å²) in [4.78, 5) is 2.43. The van der Waals surface area contributed by atoms with Crippen LogP contribution in [0.5, 0.6) is 5.75 Å². The standard InChI is InChI=1S/C13H19ClN2O/c1-17-13-3-2-10(6-12(13)14)8-16-5-4-11(7-15)9-16/h2-3,6,11H,4-5,7-9,15H2,1H3. The lowest BCUT2D eigenvalue weighted by Crippen LogP contribution is -2.22. The molecule has 1 aliphatic rings. The van der Waals surface area contributed by atoms with Gasteiger partial charge in [-0.2, -0.15) is 0 Å². The van der Waals surface area contributed by atoms with Crippen molar-refractivity contribution in [1.29, 1.82) is 0 Å². The zero-order chi connectivity index (χ0) is 12.3. The summed E-state index contributed by atoms with van der Waals surface area (Å²) < 4.78 is 5.14. The van der Waals surface area contributed by atoms with Gasteiger partial charge in [0.2, 0.25) is 0 Å². The number of nitrogens with two attached hydrogens (primary N) is 1. The topological polar surface area (TPSA) is 38.5 Å². The van der Waals surface area contributed by atoms with Crippen molar-refractivity contribution in [3.8, 4) is 5.75 Å². The lowest BCUT2D eigenvalue weighted by Gasteiger charge is -2.16. The van der Waals surface area contributed by atoms with Crippen molar-refractivity contribution in [2.75, 3.05) is 26.7 Å². The monoisotopic (exact) mass is 254 g/mol. The highest BCUT2D eigenvalue weighted by Crippen LogP contribution is 2.26. The molecule has 0 saturated carbocycles. The summed E-state index contributed by atoms with van der Waals surface area (Å²) in [6, 6.07) is 5.98. The van der Waals surface area contributed by atoms with Crippen LogP contribution in [0.25, 0.3) is 0 Å². The second-order valence-corrected chi connectivity index (χ2v) is 5.00. The van der Waals surface area contributed by atoms with Crippen molar-refractivity contribution in [2.24, 2.45) is 11.7 Å². The molecular weight excluding hydrogens is 236 g/mol. The fourth-order valence-electron chi connectivity index (χ4n) is 2.32. The minimum Gasteiger partial charge on any atom is -0.495 e. The minimum absolute atomic E-state index is 0.656. The first-order chi connectivity index (χ1) is 8.22. The van der Waals surface area contributed by atoms with E-state index in [1.54, 1.807) is 7.11 Å². The average molecular weight is 255 g/mol. The molecule has 1 aromatic carbocycles. The predicted molar refractivity (Wildman–Crippen MR) is 70.4 cm³/mol. The van der Waals surface area contributed by atoms with Gasteiger partial charge in [-0.05, 0) is 43.1 Å². The Morgan fingerprint density at radius 3 is 2.94 bits per heavy atom. The largest absolute Gasteiger partial charge is 0.495 e. The molecule has 1 aromatic rings. The van der Waals surface area contributed by atoms with Gasteiger partial charge in [-0.1, -0.05) is 17.7 Å². The van der Waals surface area contributed by atoms with Gasteiger partial charge in [-0.3, -0.25) is 4.90 Å². The first-order valence-electron chi connectivity index (χ1n) is 5.97. The number of methoxy groups -OCH3 is 1. The van der Waals surface area contributed by atoms with Crippen LogP contribution in [0.2, 0.25) is 5.02 Å². The highest BCUT2D eigenvalue weighted by molar-refractivity contribution is 6.32. The summed E-state index contributed by atoms with van der Waals surface area (Å²) in [6.45, 7) is 3.96. The van der Waals surface area contributed by atoms with Crippen LogP contribution in [0.4, 0.5) is 0 Å². The Hall–Kier alpha value is -0.770. The van der Waals surface area contributed by atoms with Crippen molar-refractivity contribution in [3.05, 3.63) is 28.8 Å². The molecule has 1 saturated heterocycles. The highest BCUT2D eigenvalue weighted by Gasteiger charge is 2.21. The Bertz CT molecular complexity index is 384. The van der Waals surface area contributed by atoms with Crippen molar-refractivity contribution < 1.29 is 4.74 Å². The van der Waals surface area contributed by atoms with Gasteiger partial charge >= 0.3 is 0 Å². The van der Waals surface area contributed by atoms with Crippen molar-refractivity contribution in [1.82, 2.24) is 4.90 Å². The first-order valence-corrected chi connectivity index (χ1v) is 6.35. The Balaban J connectivity index is 1.97.